The van der Waals surface area contributed by atoms with Gasteiger partial charge >= 0.3 is 0 Å². The lowest BCUT2D eigenvalue weighted by Crippen LogP contribution is -2.18. The van der Waals surface area contributed by atoms with Crippen LogP contribution >= 0.6 is 11.3 Å². The molecule has 0 saturated carbocycles. The van der Waals surface area contributed by atoms with E-state index in [2.05, 4.69) is 5.32 Å². The Morgan fingerprint density at radius 3 is 2.41 bits per heavy atom. The first kappa shape index (κ1) is 19.2. The van der Waals surface area contributed by atoms with Crippen LogP contribution in [0.25, 0.3) is 0 Å². The van der Waals surface area contributed by atoms with E-state index in [1.54, 1.807) is 18.2 Å². The van der Waals surface area contributed by atoms with Gasteiger partial charge in [-0.3, -0.25) is 9.59 Å². The fourth-order valence-electron chi connectivity index (χ4n) is 3.42. The molecule has 144 valence electrons. The Labute approximate surface area is 162 Å². The minimum Gasteiger partial charge on any atom is -0.493 e. The summed E-state index contributed by atoms with van der Waals surface area (Å²) >= 11 is 1.46. The van der Waals surface area contributed by atoms with E-state index in [1.807, 2.05) is 0 Å². The Bertz CT molecular complexity index is 860. The highest BCUT2D eigenvalue weighted by atomic mass is 32.1. The largest absolute Gasteiger partial charge is 0.493 e. The summed E-state index contributed by atoms with van der Waals surface area (Å²) in [4.78, 5) is 26.0. The number of aryl methyl sites for hydroxylation is 1. The average Bonchev–Trinajstić information content (AvgIpc) is 2.97. The number of benzene rings is 1. The van der Waals surface area contributed by atoms with Gasteiger partial charge in [-0.15, -0.1) is 11.3 Å². The Hall–Kier alpha value is -2.54. The summed E-state index contributed by atoms with van der Waals surface area (Å²) < 4.78 is 10.5. The minimum atomic E-state index is -0.490. The molecule has 0 spiro atoms. The molecule has 1 aromatic carbocycles. The van der Waals surface area contributed by atoms with Crippen molar-refractivity contribution in [3.05, 3.63) is 39.8 Å². The molecule has 0 bridgehead atoms. The third-order valence-electron chi connectivity index (χ3n) is 4.79. The Balaban J connectivity index is 1.92. The van der Waals surface area contributed by atoms with E-state index in [0.29, 0.717) is 27.6 Å². The van der Waals surface area contributed by atoms with Gasteiger partial charge in [0.25, 0.3) is 11.8 Å². The van der Waals surface area contributed by atoms with Crippen molar-refractivity contribution >= 4 is 28.2 Å². The van der Waals surface area contributed by atoms with Gasteiger partial charge in [0.2, 0.25) is 0 Å². The molecule has 0 atom stereocenters. The maximum absolute atomic E-state index is 12.8. The second-order valence-corrected chi connectivity index (χ2v) is 7.62. The van der Waals surface area contributed by atoms with Gasteiger partial charge in [-0.05, 0) is 49.4 Å². The highest BCUT2D eigenvalue weighted by Crippen LogP contribution is 2.37. The summed E-state index contributed by atoms with van der Waals surface area (Å²) in [6, 6.07) is 4.95. The first-order chi connectivity index (χ1) is 13.0. The van der Waals surface area contributed by atoms with Crippen molar-refractivity contribution in [2.24, 2.45) is 5.73 Å². The second kappa shape index (κ2) is 8.43. The summed E-state index contributed by atoms with van der Waals surface area (Å²) in [5.41, 5.74) is 7.54. The van der Waals surface area contributed by atoms with E-state index >= 15 is 0 Å². The standard InChI is InChI=1S/C20H24N2O4S/c1-25-14-10-9-12(11-15(14)26-2)19(24)22-20-17(18(21)23)13-7-5-3-4-6-8-16(13)27-20/h9-11H,3-8H2,1-2H3,(H2,21,23)(H,22,24). The number of carbonyl (C=O) groups excluding carboxylic acids is 2. The molecule has 0 saturated heterocycles. The predicted octanol–water partition coefficient (Wildman–Crippen LogP) is 3.78. The molecule has 0 radical (unpaired) electrons. The number of primary amides is 1. The van der Waals surface area contributed by atoms with Crippen molar-refractivity contribution in [2.75, 3.05) is 19.5 Å². The number of hydrogen-bond acceptors (Lipinski definition) is 5. The molecule has 27 heavy (non-hydrogen) atoms. The van der Waals surface area contributed by atoms with Crippen molar-refractivity contribution in [1.29, 1.82) is 0 Å². The number of nitrogens with one attached hydrogen (secondary N) is 1. The fraction of sp³-hybridized carbons (Fsp3) is 0.400. The van der Waals surface area contributed by atoms with Crippen LogP contribution in [0.2, 0.25) is 0 Å². The quantitative estimate of drug-likeness (QED) is 0.816. The summed E-state index contributed by atoms with van der Waals surface area (Å²) in [5.74, 6) is 0.216. The summed E-state index contributed by atoms with van der Waals surface area (Å²) in [5, 5.41) is 3.41. The van der Waals surface area contributed by atoms with E-state index in [1.165, 1.54) is 32.0 Å². The van der Waals surface area contributed by atoms with Gasteiger partial charge in [0.15, 0.2) is 11.5 Å². The van der Waals surface area contributed by atoms with Crippen LogP contribution in [-0.2, 0) is 12.8 Å². The number of rotatable bonds is 5. The number of carbonyl (C=O) groups is 2. The van der Waals surface area contributed by atoms with Crippen molar-refractivity contribution < 1.29 is 19.1 Å². The molecule has 2 amide bonds. The van der Waals surface area contributed by atoms with Gasteiger partial charge in [-0.1, -0.05) is 12.8 Å². The lowest BCUT2D eigenvalue weighted by molar-refractivity contribution is 0.100. The molecule has 0 unspecified atom stereocenters. The van der Waals surface area contributed by atoms with E-state index in [4.69, 9.17) is 15.2 Å². The van der Waals surface area contributed by atoms with Crippen LogP contribution in [0.15, 0.2) is 18.2 Å². The van der Waals surface area contributed by atoms with E-state index in [-0.39, 0.29) is 5.91 Å². The molecule has 1 heterocycles. The van der Waals surface area contributed by atoms with Gasteiger partial charge < -0.3 is 20.5 Å². The first-order valence-electron chi connectivity index (χ1n) is 9.03. The summed E-state index contributed by atoms with van der Waals surface area (Å²) in [7, 11) is 3.06. The van der Waals surface area contributed by atoms with Crippen molar-refractivity contribution in [3.8, 4) is 11.5 Å². The lowest BCUT2D eigenvalue weighted by atomic mass is 9.96. The number of amides is 2. The fourth-order valence-corrected chi connectivity index (χ4v) is 4.71. The summed E-state index contributed by atoms with van der Waals surface area (Å²) in [6.45, 7) is 0. The molecular formula is C20H24N2O4S. The number of hydrogen-bond donors (Lipinski definition) is 2. The number of methoxy groups -OCH3 is 2. The topological polar surface area (TPSA) is 90.6 Å². The van der Waals surface area contributed by atoms with Gasteiger partial charge in [0.05, 0.1) is 19.8 Å². The molecule has 3 N–H and O–H groups in total. The maximum atomic E-state index is 12.8. The predicted molar refractivity (Wildman–Crippen MR) is 106 cm³/mol. The summed E-state index contributed by atoms with van der Waals surface area (Å²) in [6.07, 6.45) is 6.22. The number of anilines is 1. The van der Waals surface area contributed by atoms with Gasteiger partial charge in [-0.2, -0.15) is 0 Å². The van der Waals surface area contributed by atoms with Gasteiger partial charge in [0.1, 0.15) is 5.00 Å². The molecule has 6 nitrogen and oxygen atoms in total. The lowest BCUT2D eigenvalue weighted by Gasteiger charge is -2.11. The molecule has 2 aromatic rings. The van der Waals surface area contributed by atoms with Crippen LogP contribution in [0, 0.1) is 0 Å². The van der Waals surface area contributed by atoms with Crippen LogP contribution in [0.4, 0.5) is 5.00 Å². The number of fused-ring (bicyclic) bond motifs is 1. The smallest absolute Gasteiger partial charge is 0.256 e. The molecule has 1 aliphatic rings. The molecule has 7 heteroatoms. The SMILES string of the molecule is COc1ccc(C(=O)Nc2sc3c(c2C(N)=O)CCCCCC3)cc1OC. The van der Waals surface area contributed by atoms with Gasteiger partial charge in [-0.25, -0.2) is 0 Å². The normalized spacial score (nSPS) is 13.9. The van der Waals surface area contributed by atoms with Crippen LogP contribution in [0.5, 0.6) is 11.5 Å². The van der Waals surface area contributed by atoms with E-state index < -0.39 is 5.91 Å². The first-order valence-corrected chi connectivity index (χ1v) is 9.84. The zero-order chi connectivity index (χ0) is 19.4. The Kier molecular flexibility index (Phi) is 6.01. The molecule has 1 aliphatic carbocycles. The van der Waals surface area contributed by atoms with Crippen molar-refractivity contribution in [1.82, 2.24) is 0 Å². The number of thiophene rings is 1. The molecular weight excluding hydrogens is 364 g/mol. The molecule has 0 fully saturated rings. The average molecular weight is 388 g/mol. The van der Waals surface area contributed by atoms with Crippen LogP contribution in [0.3, 0.4) is 0 Å². The van der Waals surface area contributed by atoms with Crippen molar-refractivity contribution in [2.45, 2.75) is 38.5 Å². The minimum absolute atomic E-state index is 0.312. The Morgan fingerprint density at radius 2 is 1.74 bits per heavy atom. The van der Waals surface area contributed by atoms with E-state index in [0.717, 1.165) is 42.5 Å². The van der Waals surface area contributed by atoms with Gasteiger partial charge in [0, 0.05) is 10.4 Å². The van der Waals surface area contributed by atoms with Crippen molar-refractivity contribution in [3.63, 3.8) is 0 Å². The van der Waals surface area contributed by atoms with Crippen LogP contribution in [-0.4, -0.2) is 26.0 Å². The van der Waals surface area contributed by atoms with Crippen LogP contribution in [0.1, 0.15) is 56.8 Å². The molecule has 3 rings (SSSR count). The number of nitrogens with two attached hydrogens (primary N) is 1. The third-order valence-corrected chi connectivity index (χ3v) is 6.00. The highest BCUT2D eigenvalue weighted by molar-refractivity contribution is 7.17. The zero-order valence-electron chi connectivity index (χ0n) is 15.6. The number of ether oxygens (including phenoxy) is 2. The molecule has 1 aromatic heterocycles. The Morgan fingerprint density at radius 1 is 1.04 bits per heavy atom. The second-order valence-electron chi connectivity index (χ2n) is 6.51. The highest BCUT2D eigenvalue weighted by Gasteiger charge is 2.24. The molecule has 0 aliphatic heterocycles. The monoisotopic (exact) mass is 388 g/mol. The zero-order valence-corrected chi connectivity index (χ0v) is 16.4. The van der Waals surface area contributed by atoms with Crippen LogP contribution < -0.4 is 20.5 Å². The third kappa shape index (κ3) is 4.08. The maximum Gasteiger partial charge on any atom is 0.256 e. The van der Waals surface area contributed by atoms with E-state index in [9.17, 15) is 9.59 Å².